The fourth-order valence-corrected chi connectivity index (χ4v) is 9.50. The van der Waals surface area contributed by atoms with E-state index in [1.165, 1.54) is 53.1 Å². The largest absolute Gasteiger partial charge is 0.618 e. The van der Waals surface area contributed by atoms with Crippen molar-refractivity contribution in [2.45, 2.75) is 22.6 Å². The smallest absolute Gasteiger partial charge is 0.353 e. The molecule has 2 amide bonds. The number of carboxylic acids is 1. The first-order chi connectivity index (χ1) is 25.8. The van der Waals surface area contributed by atoms with Gasteiger partial charge in [-0.3, -0.25) is 14.5 Å². The first kappa shape index (κ1) is 35.7. The third kappa shape index (κ3) is 6.98. The van der Waals surface area contributed by atoms with Gasteiger partial charge in [-0.1, -0.05) is 108 Å². The van der Waals surface area contributed by atoms with Gasteiger partial charge in [0.25, 0.3) is 16.8 Å². The highest BCUT2D eigenvalue weighted by molar-refractivity contribution is 8.06. The van der Waals surface area contributed by atoms with Crippen molar-refractivity contribution in [2.75, 3.05) is 23.9 Å². The minimum absolute atomic E-state index is 0.142. The van der Waals surface area contributed by atoms with E-state index in [2.05, 4.69) is 15.8 Å². The number of amides is 2. The number of thiazole rings is 1. The number of oxime groups is 1. The van der Waals surface area contributed by atoms with Crippen molar-refractivity contribution < 1.29 is 29.1 Å². The zero-order valence-corrected chi connectivity index (χ0v) is 30.6. The number of hydrogen-bond acceptors (Lipinski definition) is 11. The molecule has 5 aromatic rings. The van der Waals surface area contributed by atoms with E-state index >= 15 is 0 Å². The summed E-state index contributed by atoms with van der Waals surface area (Å²) in [6, 6.07) is 33.4. The van der Waals surface area contributed by atoms with E-state index < -0.39 is 35.4 Å². The maximum Gasteiger partial charge on any atom is 0.353 e. The molecule has 0 spiro atoms. The number of hydrogen-bond donors (Lipinski definition) is 3. The molecule has 4 heterocycles. The Bertz CT molecular complexity index is 2100. The van der Waals surface area contributed by atoms with E-state index in [4.69, 9.17) is 9.82 Å². The van der Waals surface area contributed by atoms with Crippen molar-refractivity contribution in [3.8, 4) is 0 Å². The zero-order chi connectivity index (χ0) is 37.0. The first-order valence-electron chi connectivity index (χ1n) is 16.4. The molecule has 2 unspecified atom stereocenters. The summed E-state index contributed by atoms with van der Waals surface area (Å²) < 4.78 is 0.703. The molecule has 12 nitrogen and oxygen atoms in total. The number of aromatic nitrogens is 2. The highest BCUT2D eigenvalue weighted by atomic mass is 32.2. The van der Waals surface area contributed by atoms with Gasteiger partial charge in [-0.15, -0.1) is 23.1 Å². The van der Waals surface area contributed by atoms with Crippen molar-refractivity contribution in [1.29, 1.82) is 0 Å². The van der Waals surface area contributed by atoms with Gasteiger partial charge >= 0.3 is 5.97 Å². The molecule has 0 bridgehead atoms. The number of benzene rings is 3. The van der Waals surface area contributed by atoms with Gasteiger partial charge in [0.05, 0.1) is 6.04 Å². The van der Waals surface area contributed by atoms with Crippen molar-refractivity contribution >= 4 is 63.5 Å². The third-order valence-electron chi connectivity index (χ3n) is 8.84. The summed E-state index contributed by atoms with van der Waals surface area (Å²) in [6.07, 6.45) is 1.36. The number of aliphatic carboxylic acids is 1. The van der Waals surface area contributed by atoms with E-state index in [0.717, 1.165) is 16.7 Å². The maximum absolute atomic E-state index is 13.8. The van der Waals surface area contributed by atoms with Gasteiger partial charge in [-0.25, -0.2) is 9.78 Å². The second-order valence-corrected chi connectivity index (χ2v) is 14.9. The van der Waals surface area contributed by atoms with Crippen LogP contribution in [0.25, 0.3) is 0 Å². The molecule has 2 aliphatic rings. The second-order valence-electron chi connectivity index (χ2n) is 11.9. The molecular weight excluding hydrogens is 733 g/mol. The summed E-state index contributed by atoms with van der Waals surface area (Å²) in [5, 5.41) is 35.2. The van der Waals surface area contributed by atoms with Crippen LogP contribution >= 0.6 is 34.9 Å². The summed E-state index contributed by atoms with van der Waals surface area (Å²) in [5.74, 6) is -1.98. The molecule has 0 radical (unpaired) electrons. The Balaban J connectivity index is 1.12. The Morgan fingerprint density at radius 1 is 1.00 bits per heavy atom. The van der Waals surface area contributed by atoms with Crippen LogP contribution in [0.3, 0.4) is 0 Å². The number of nitrogens with zero attached hydrogens (tertiary/aromatic N) is 4. The van der Waals surface area contributed by atoms with Crippen LogP contribution in [0.5, 0.6) is 0 Å². The van der Waals surface area contributed by atoms with Crippen LogP contribution in [0, 0.1) is 5.21 Å². The number of carbonyl (C=O) groups excluding carboxylic acids is 2. The Morgan fingerprint density at radius 2 is 1.60 bits per heavy atom. The quantitative estimate of drug-likeness (QED) is 0.0281. The molecular formula is C38H32N6O6S3. The molecule has 3 N–H and O–H groups in total. The predicted octanol–water partition coefficient (Wildman–Crippen LogP) is 5.06. The van der Waals surface area contributed by atoms with E-state index in [1.54, 1.807) is 23.6 Å². The maximum atomic E-state index is 13.8. The number of rotatable bonds is 13. The lowest BCUT2D eigenvalue weighted by molar-refractivity contribution is -0.645. The number of thioether (sulfide) groups is 2. The average molecular weight is 765 g/mol. The summed E-state index contributed by atoms with van der Waals surface area (Å²) in [7, 11) is 1.31. The van der Waals surface area contributed by atoms with Crippen LogP contribution < -0.4 is 15.4 Å². The number of pyridine rings is 1. The van der Waals surface area contributed by atoms with Gasteiger partial charge in [-0.05, 0) is 22.8 Å². The standard InChI is InChI=1S/C38H32N6O6S3/c1-50-42-31(34(45)40-32-28-22-51-29(33(36(47)48)44(28)35(32)46)23-52-30-19-11-12-20-43(30)49)27-21-53-37(39-27)41-38(24-13-5-2-6-14-24,25-15-7-3-8-16-25)26-17-9-4-10-18-26/h2-21,28,32H,22-23H2,1H3,(H,39,41)(H,40,45)(H,47,48). The average Bonchev–Trinajstić information content (AvgIpc) is 3.66. The fourth-order valence-electron chi connectivity index (χ4n) is 6.42. The van der Waals surface area contributed by atoms with Gasteiger partial charge in [0.2, 0.25) is 0 Å². The molecule has 1 saturated heterocycles. The lowest BCUT2D eigenvalue weighted by atomic mass is 9.77. The van der Waals surface area contributed by atoms with Crippen LogP contribution in [0.2, 0.25) is 0 Å². The Labute approximate surface area is 317 Å². The molecule has 53 heavy (non-hydrogen) atoms. The molecule has 15 heteroatoms. The van der Waals surface area contributed by atoms with Gasteiger partial charge < -0.3 is 25.8 Å². The highest BCUT2D eigenvalue weighted by Crippen LogP contribution is 2.42. The lowest BCUT2D eigenvalue weighted by Gasteiger charge is -2.49. The number of carbonyl (C=O) groups is 3. The topological polar surface area (TPSA) is 160 Å². The fraction of sp³-hybridized carbons (Fsp3) is 0.158. The van der Waals surface area contributed by atoms with Crippen LogP contribution in [0.1, 0.15) is 22.4 Å². The van der Waals surface area contributed by atoms with Crippen LogP contribution in [0.15, 0.2) is 142 Å². The van der Waals surface area contributed by atoms with E-state index in [9.17, 15) is 24.7 Å². The Kier molecular flexibility index (Phi) is 10.5. The van der Waals surface area contributed by atoms with Crippen molar-refractivity contribution in [3.63, 3.8) is 0 Å². The van der Waals surface area contributed by atoms with E-state index in [1.807, 2.05) is 91.0 Å². The van der Waals surface area contributed by atoms with Crippen LogP contribution in [-0.2, 0) is 24.8 Å². The van der Waals surface area contributed by atoms with Crippen molar-refractivity contribution in [1.82, 2.24) is 15.2 Å². The molecule has 3 aromatic carbocycles. The highest BCUT2D eigenvalue weighted by Gasteiger charge is 2.54. The molecule has 0 aliphatic carbocycles. The molecule has 1 fully saturated rings. The summed E-state index contributed by atoms with van der Waals surface area (Å²) in [5.41, 5.74) is 2.00. The summed E-state index contributed by atoms with van der Waals surface area (Å²) in [6.45, 7) is 0. The lowest BCUT2D eigenvalue weighted by Crippen LogP contribution is -2.73. The van der Waals surface area contributed by atoms with E-state index in [-0.39, 0.29) is 22.9 Å². The molecule has 2 aromatic heterocycles. The first-order valence-corrected chi connectivity index (χ1v) is 19.2. The summed E-state index contributed by atoms with van der Waals surface area (Å²) in [4.78, 5) is 51.1. The normalized spacial score (nSPS) is 17.1. The minimum atomic E-state index is -1.26. The molecule has 2 aliphatic heterocycles. The van der Waals surface area contributed by atoms with Gasteiger partial charge in [0.1, 0.15) is 30.1 Å². The summed E-state index contributed by atoms with van der Waals surface area (Å²) >= 11 is 3.75. The minimum Gasteiger partial charge on any atom is -0.618 e. The van der Waals surface area contributed by atoms with Crippen molar-refractivity contribution in [2.24, 2.45) is 5.16 Å². The molecule has 0 saturated carbocycles. The number of carboxylic acid groups (broad SMARTS) is 1. The van der Waals surface area contributed by atoms with Crippen LogP contribution in [0.4, 0.5) is 5.13 Å². The van der Waals surface area contributed by atoms with Crippen LogP contribution in [-0.4, -0.2) is 69.2 Å². The number of anilines is 1. The number of β-lactam (4-membered cyclic amide) rings is 1. The Hall–Kier alpha value is -5.64. The molecule has 2 atom stereocenters. The second kappa shape index (κ2) is 15.5. The Morgan fingerprint density at radius 3 is 2.17 bits per heavy atom. The van der Waals surface area contributed by atoms with Gasteiger partial charge in [-0.2, -0.15) is 4.73 Å². The monoisotopic (exact) mass is 764 g/mol. The predicted molar refractivity (Wildman–Crippen MR) is 204 cm³/mol. The van der Waals surface area contributed by atoms with Gasteiger partial charge in [0, 0.05) is 33.9 Å². The molecule has 268 valence electrons. The number of nitrogens with one attached hydrogen (secondary N) is 2. The van der Waals surface area contributed by atoms with Crippen molar-refractivity contribution in [3.05, 3.63) is 159 Å². The SMILES string of the molecule is CON=C(C(=O)NC1C(=O)N2C(C(=O)O)=C(CSc3cccc[n+]3[O-])SCC12)c1csc(NC(c2ccccc2)(c2ccccc2)c2ccccc2)n1. The van der Waals surface area contributed by atoms with Gasteiger partial charge in [0.15, 0.2) is 17.0 Å². The van der Waals surface area contributed by atoms with E-state index in [0.29, 0.717) is 25.5 Å². The third-order valence-corrected chi connectivity index (χ3v) is 12.0. The molecule has 7 rings (SSSR count). The zero-order valence-electron chi connectivity index (χ0n) is 28.1. The number of fused-ring (bicyclic) bond motifs is 1.